The number of hydrogen-bond donors (Lipinski definition) is 2. The van der Waals surface area contributed by atoms with Crippen molar-refractivity contribution in [2.24, 2.45) is 0 Å². The highest BCUT2D eigenvalue weighted by Gasteiger charge is 2.26. The number of benzene rings is 1. The van der Waals surface area contributed by atoms with Crippen LogP contribution >= 0.6 is 34.8 Å². The number of sulfone groups is 1. The van der Waals surface area contributed by atoms with Crippen LogP contribution in [-0.4, -0.2) is 38.4 Å². The monoisotopic (exact) mass is 370 g/mol. The molecule has 0 saturated carbocycles. The van der Waals surface area contributed by atoms with Gasteiger partial charge in [0.25, 0.3) is 0 Å². The third-order valence-electron chi connectivity index (χ3n) is 3.02. The largest absolute Gasteiger partial charge is 0.325 e. The Balaban J connectivity index is 2.01. The van der Waals surface area contributed by atoms with Crippen molar-refractivity contribution >= 4 is 56.2 Å². The lowest BCUT2D eigenvalue weighted by Crippen LogP contribution is -2.46. The van der Waals surface area contributed by atoms with Gasteiger partial charge in [0.05, 0.1) is 32.3 Å². The van der Waals surface area contributed by atoms with E-state index in [2.05, 4.69) is 10.6 Å². The maximum atomic E-state index is 12.0. The van der Waals surface area contributed by atoms with Gasteiger partial charge in [0.2, 0.25) is 5.91 Å². The summed E-state index contributed by atoms with van der Waals surface area (Å²) >= 11 is 17.6. The van der Waals surface area contributed by atoms with E-state index in [0.29, 0.717) is 17.3 Å². The summed E-state index contributed by atoms with van der Waals surface area (Å²) in [6.45, 7) is 0.355. The van der Waals surface area contributed by atoms with Gasteiger partial charge in [-0.05, 0) is 12.1 Å². The maximum Gasteiger partial charge on any atom is 0.226 e. The Morgan fingerprint density at radius 2 is 1.90 bits per heavy atom. The van der Waals surface area contributed by atoms with Crippen molar-refractivity contribution in [1.29, 1.82) is 0 Å². The Bertz CT molecular complexity index is 664. The van der Waals surface area contributed by atoms with E-state index in [1.807, 2.05) is 0 Å². The Morgan fingerprint density at radius 1 is 1.24 bits per heavy atom. The van der Waals surface area contributed by atoms with E-state index in [1.165, 1.54) is 12.1 Å². The van der Waals surface area contributed by atoms with Gasteiger partial charge >= 0.3 is 0 Å². The summed E-state index contributed by atoms with van der Waals surface area (Å²) in [5, 5.41) is 6.44. The standard InChI is InChI=1S/C12H13Cl3N2O3S/c13-8-4-10(15)11(5-9(8)14)17-12(18)3-7-6-21(19,20)2-1-16-7/h4-5,7,16H,1-3,6H2,(H,17,18). The van der Waals surface area contributed by atoms with Crippen LogP contribution < -0.4 is 10.6 Å². The molecule has 1 aromatic rings. The fourth-order valence-electron chi connectivity index (χ4n) is 2.04. The van der Waals surface area contributed by atoms with Gasteiger partial charge in [0, 0.05) is 19.0 Å². The zero-order valence-corrected chi connectivity index (χ0v) is 13.9. The Kier molecular flexibility index (Phi) is 5.38. The summed E-state index contributed by atoms with van der Waals surface area (Å²) in [7, 11) is -3.08. The molecule has 2 rings (SSSR count). The molecule has 21 heavy (non-hydrogen) atoms. The second-order valence-electron chi connectivity index (χ2n) is 4.76. The summed E-state index contributed by atoms with van der Waals surface area (Å²) in [5.74, 6) is -0.288. The van der Waals surface area contributed by atoms with Crippen LogP contribution in [0.2, 0.25) is 15.1 Å². The molecule has 2 N–H and O–H groups in total. The number of halogens is 3. The van der Waals surface area contributed by atoms with Crippen molar-refractivity contribution < 1.29 is 13.2 Å². The molecule has 1 heterocycles. The second kappa shape index (κ2) is 6.71. The van der Waals surface area contributed by atoms with Crippen LogP contribution in [0.15, 0.2) is 12.1 Å². The summed E-state index contributed by atoms with van der Waals surface area (Å²) in [6, 6.07) is 2.49. The molecule has 1 aromatic carbocycles. The minimum absolute atomic E-state index is 0.0375. The third-order valence-corrected chi connectivity index (χ3v) is 5.79. The average molecular weight is 372 g/mol. The van der Waals surface area contributed by atoms with Crippen LogP contribution in [0.3, 0.4) is 0 Å². The first-order valence-electron chi connectivity index (χ1n) is 6.15. The van der Waals surface area contributed by atoms with E-state index in [1.54, 1.807) is 0 Å². The summed E-state index contributed by atoms with van der Waals surface area (Å²) in [4.78, 5) is 12.0. The van der Waals surface area contributed by atoms with Gasteiger partial charge < -0.3 is 10.6 Å². The number of amides is 1. The number of nitrogens with one attached hydrogen (secondary N) is 2. The van der Waals surface area contributed by atoms with Crippen molar-refractivity contribution in [2.45, 2.75) is 12.5 Å². The second-order valence-corrected chi connectivity index (χ2v) is 8.21. The molecule has 0 radical (unpaired) electrons. The van der Waals surface area contributed by atoms with Crippen molar-refractivity contribution in [3.05, 3.63) is 27.2 Å². The molecule has 9 heteroatoms. The van der Waals surface area contributed by atoms with Crippen molar-refractivity contribution in [3.8, 4) is 0 Å². The molecule has 116 valence electrons. The third kappa shape index (κ3) is 4.72. The Hall–Kier alpha value is -0.530. The van der Waals surface area contributed by atoms with E-state index in [9.17, 15) is 13.2 Å². The van der Waals surface area contributed by atoms with Gasteiger partial charge in [-0.3, -0.25) is 4.79 Å². The van der Waals surface area contributed by atoms with Crippen LogP contribution in [0.4, 0.5) is 5.69 Å². The van der Waals surface area contributed by atoms with Crippen LogP contribution in [0.1, 0.15) is 6.42 Å². The van der Waals surface area contributed by atoms with Crippen molar-refractivity contribution in [3.63, 3.8) is 0 Å². The predicted octanol–water partition coefficient (Wildman–Crippen LogP) is 2.36. The van der Waals surface area contributed by atoms with Crippen LogP contribution in [0, 0.1) is 0 Å². The zero-order valence-electron chi connectivity index (χ0n) is 10.8. The highest BCUT2D eigenvalue weighted by molar-refractivity contribution is 7.91. The number of anilines is 1. The van der Waals surface area contributed by atoms with Crippen LogP contribution in [-0.2, 0) is 14.6 Å². The van der Waals surface area contributed by atoms with Gasteiger partial charge in [-0.15, -0.1) is 0 Å². The zero-order chi connectivity index (χ0) is 15.6. The minimum atomic E-state index is -3.08. The topological polar surface area (TPSA) is 75.3 Å². The molecule has 1 aliphatic rings. The smallest absolute Gasteiger partial charge is 0.226 e. The van der Waals surface area contributed by atoms with Gasteiger partial charge in [-0.1, -0.05) is 34.8 Å². The summed E-state index contributed by atoms with van der Waals surface area (Å²) in [5.41, 5.74) is 0.342. The first kappa shape index (κ1) is 16.8. The molecule has 5 nitrogen and oxygen atoms in total. The van der Waals surface area contributed by atoms with E-state index >= 15 is 0 Å². The fourth-order valence-corrected chi connectivity index (χ4v) is 4.08. The maximum absolute atomic E-state index is 12.0. The molecule has 0 spiro atoms. The highest BCUT2D eigenvalue weighted by Crippen LogP contribution is 2.32. The van der Waals surface area contributed by atoms with Gasteiger partial charge in [-0.2, -0.15) is 0 Å². The molecule has 1 saturated heterocycles. The fraction of sp³-hybridized carbons (Fsp3) is 0.417. The van der Waals surface area contributed by atoms with Gasteiger partial charge in [0.1, 0.15) is 0 Å². The lowest BCUT2D eigenvalue weighted by atomic mass is 10.2. The first-order valence-corrected chi connectivity index (χ1v) is 9.10. The molecule has 1 amide bonds. The van der Waals surface area contributed by atoms with E-state index in [-0.39, 0.29) is 33.9 Å². The number of carbonyl (C=O) groups excluding carboxylic acids is 1. The van der Waals surface area contributed by atoms with E-state index in [4.69, 9.17) is 34.8 Å². The SMILES string of the molecule is O=C(CC1CS(=O)(=O)CCN1)Nc1cc(Cl)c(Cl)cc1Cl. The van der Waals surface area contributed by atoms with Gasteiger partial charge in [-0.25, -0.2) is 8.42 Å². The molecular formula is C12H13Cl3N2O3S. The summed E-state index contributed by atoms with van der Waals surface area (Å²) < 4.78 is 23.0. The highest BCUT2D eigenvalue weighted by atomic mass is 35.5. The van der Waals surface area contributed by atoms with Gasteiger partial charge in [0.15, 0.2) is 9.84 Å². The molecule has 1 aliphatic heterocycles. The quantitative estimate of drug-likeness (QED) is 0.800. The van der Waals surface area contributed by atoms with Crippen molar-refractivity contribution in [1.82, 2.24) is 5.32 Å². The predicted molar refractivity (Wildman–Crippen MR) is 85.2 cm³/mol. The molecule has 0 bridgehead atoms. The number of hydrogen-bond acceptors (Lipinski definition) is 4. The average Bonchev–Trinajstić information content (AvgIpc) is 2.34. The lowest BCUT2D eigenvalue weighted by Gasteiger charge is -2.23. The summed E-state index contributed by atoms with van der Waals surface area (Å²) in [6.07, 6.45) is 0.0375. The molecule has 1 unspecified atom stereocenters. The molecule has 1 fully saturated rings. The lowest BCUT2D eigenvalue weighted by molar-refractivity contribution is -0.116. The van der Waals surface area contributed by atoms with E-state index in [0.717, 1.165) is 0 Å². The van der Waals surface area contributed by atoms with Crippen LogP contribution in [0.5, 0.6) is 0 Å². The molecule has 0 aromatic heterocycles. The Labute approximate surface area is 137 Å². The molecular weight excluding hydrogens is 359 g/mol. The van der Waals surface area contributed by atoms with Crippen LogP contribution in [0.25, 0.3) is 0 Å². The Morgan fingerprint density at radius 3 is 2.57 bits per heavy atom. The van der Waals surface area contributed by atoms with E-state index < -0.39 is 15.9 Å². The minimum Gasteiger partial charge on any atom is -0.325 e. The molecule has 0 aliphatic carbocycles. The first-order chi connectivity index (χ1) is 9.77. The van der Waals surface area contributed by atoms with Crippen molar-refractivity contribution in [2.75, 3.05) is 23.4 Å². The normalized spacial score (nSPS) is 21.0. The number of rotatable bonds is 3. The number of carbonyl (C=O) groups is 1. The molecule has 1 atom stereocenters.